The molecule has 124 valence electrons. The highest BCUT2D eigenvalue weighted by Gasteiger charge is 2.45. The Balaban J connectivity index is 1.76. The van der Waals surface area contributed by atoms with Crippen molar-refractivity contribution in [3.05, 3.63) is 46.6 Å². The minimum atomic E-state index is -0.362. The van der Waals surface area contributed by atoms with E-state index in [0.29, 0.717) is 24.5 Å². The van der Waals surface area contributed by atoms with Crippen LogP contribution in [-0.2, 0) is 11.2 Å². The fourth-order valence-corrected chi connectivity index (χ4v) is 3.85. The molecule has 0 bridgehead atoms. The van der Waals surface area contributed by atoms with Crippen LogP contribution >= 0.6 is 11.6 Å². The normalized spacial score (nSPS) is 22.1. The van der Waals surface area contributed by atoms with E-state index in [9.17, 15) is 9.18 Å². The zero-order valence-corrected chi connectivity index (χ0v) is 13.8. The molecule has 2 aliphatic heterocycles. The van der Waals surface area contributed by atoms with Crippen LogP contribution in [0.3, 0.4) is 0 Å². The van der Waals surface area contributed by atoms with E-state index in [4.69, 9.17) is 11.6 Å². The number of nitrogens with zero attached hydrogens (tertiary/aromatic N) is 3. The predicted molar refractivity (Wildman–Crippen MR) is 89.9 cm³/mol. The Kier molecular flexibility index (Phi) is 3.64. The van der Waals surface area contributed by atoms with Crippen LogP contribution in [0, 0.1) is 5.82 Å². The molecule has 0 radical (unpaired) electrons. The summed E-state index contributed by atoms with van der Waals surface area (Å²) in [4.78, 5) is 23.3. The van der Waals surface area contributed by atoms with Crippen LogP contribution in [0.15, 0.2) is 24.3 Å². The van der Waals surface area contributed by atoms with Gasteiger partial charge in [0.25, 0.3) is 0 Å². The van der Waals surface area contributed by atoms with Gasteiger partial charge in [0.1, 0.15) is 17.5 Å². The van der Waals surface area contributed by atoms with Crippen molar-refractivity contribution >= 4 is 29.0 Å². The van der Waals surface area contributed by atoms with Gasteiger partial charge in [0.2, 0.25) is 11.2 Å². The molecule has 0 spiro atoms. The van der Waals surface area contributed by atoms with Crippen LogP contribution in [0.1, 0.15) is 30.5 Å². The first kappa shape index (κ1) is 15.3. The van der Waals surface area contributed by atoms with Gasteiger partial charge in [0.05, 0.1) is 5.69 Å². The lowest BCUT2D eigenvalue weighted by Gasteiger charge is -2.34. The topological polar surface area (TPSA) is 58.1 Å². The quantitative estimate of drug-likeness (QED) is 0.849. The highest BCUT2D eigenvalue weighted by atomic mass is 35.5. The van der Waals surface area contributed by atoms with Gasteiger partial charge in [-0.15, -0.1) is 0 Å². The first-order valence-corrected chi connectivity index (χ1v) is 8.35. The Morgan fingerprint density at radius 3 is 2.79 bits per heavy atom. The molecule has 2 atom stereocenters. The number of aryl methyl sites for hydroxylation is 1. The molecule has 5 nitrogen and oxygen atoms in total. The van der Waals surface area contributed by atoms with Crippen LogP contribution in [0.25, 0.3) is 0 Å². The number of amides is 1. The van der Waals surface area contributed by atoms with E-state index in [1.54, 1.807) is 12.1 Å². The van der Waals surface area contributed by atoms with Gasteiger partial charge in [-0.1, -0.05) is 19.1 Å². The van der Waals surface area contributed by atoms with Gasteiger partial charge in [-0.25, -0.2) is 9.37 Å². The zero-order valence-electron chi connectivity index (χ0n) is 13.1. The van der Waals surface area contributed by atoms with Crippen molar-refractivity contribution in [1.29, 1.82) is 0 Å². The summed E-state index contributed by atoms with van der Waals surface area (Å²) in [5.74, 6) is 0.327. The predicted octanol–water partition coefficient (Wildman–Crippen LogP) is 3.15. The number of nitrogens with one attached hydrogen (secondary N) is 1. The van der Waals surface area contributed by atoms with E-state index in [0.717, 1.165) is 17.7 Å². The summed E-state index contributed by atoms with van der Waals surface area (Å²) in [5.41, 5.74) is 2.35. The highest BCUT2D eigenvalue weighted by Crippen LogP contribution is 2.43. The van der Waals surface area contributed by atoms with E-state index in [1.165, 1.54) is 12.1 Å². The summed E-state index contributed by atoms with van der Waals surface area (Å²) < 4.78 is 13.2. The van der Waals surface area contributed by atoms with Crippen molar-refractivity contribution < 1.29 is 9.18 Å². The summed E-state index contributed by atoms with van der Waals surface area (Å²) in [5, 5.41) is 3.14. The average molecular weight is 347 g/mol. The van der Waals surface area contributed by atoms with Crippen molar-refractivity contribution in [3.8, 4) is 0 Å². The number of rotatable bonds is 2. The molecule has 2 aliphatic rings. The molecule has 1 amide bonds. The van der Waals surface area contributed by atoms with Crippen LogP contribution < -0.4 is 10.2 Å². The Labute approximate surface area is 143 Å². The summed E-state index contributed by atoms with van der Waals surface area (Å²) in [7, 11) is 0. The Bertz CT molecular complexity index is 811. The number of benzene rings is 1. The fourth-order valence-electron chi connectivity index (χ4n) is 3.67. The van der Waals surface area contributed by atoms with E-state index in [2.05, 4.69) is 15.3 Å². The van der Waals surface area contributed by atoms with Gasteiger partial charge in [0.15, 0.2) is 5.82 Å². The van der Waals surface area contributed by atoms with E-state index >= 15 is 0 Å². The minimum absolute atomic E-state index is 0.00225. The van der Waals surface area contributed by atoms with Crippen LogP contribution in [0.2, 0.25) is 5.28 Å². The second-order valence-corrected chi connectivity index (χ2v) is 6.40. The standard InChI is InChI=1S/C17H16ClFN4O/c1-2-12-13-15(22-17(18)20-12)23-8-7-11(14(23)16(24)21-13)9-3-5-10(19)6-4-9/h3-6,11,14H,2,7-8H2,1H3,(H,21,24)/t11-,14-/m1/s1. The molecule has 1 aromatic carbocycles. The smallest absolute Gasteiger partial charge is 0.247 e. The zero-order chi connectivity index (χ0) is 16.8. The van der Waals surface area contributed by atoms with E-state index in [1.807, 2.05) is 11.8 Å². The van der Waals surface area contributed by atoms with Gasteiger partial charge >= 0.3 is 0 Å². The molecule has 1 N–H and O–H groups in total. The maximum absolute atomic E-state index is 13.2. The molecule has 3 heterocycles. The number of anilines is 2. The molecular weight excluding hydrogens is 331 g/mol. The fraction of sp³-hybridized carbons (Fsp3) is 0.353. The van der Waals surface area contributed by atoms with Gasteiger partial charge in [0, 0.05) is 12.5 Å². The van der Waals surface area contributed by atoms with Crippen molar-refractivity contribution in [1.82, 2.24) is 9.97 Å². The Morgan fingerprint density at radius 2 is 2.08 bits per heavy atom. The van der Waals surface area contributed by atoms with Gasteiger partial charge in [-0.2, -0.15) is 4.98 Å². The number of carbonyl (C=O) groups is 1. The third-order valence-corrected chi connectivity index (χ3v) is 4.93. The molecule has 1 saturated heterocycles. The Hall–Kier alpha value is -2.21. The molecule has 2 aromatic rings. The van der Waals surface area contributed by atoms with Crippen LogP contribution in [0.5, 0.6) is 0 Å². The minimum Gasteiger partial charge on any atom is -0.342 e. The van der Waals surface area contributed by atoms with Crippen molar-refractivity contribution in [2.75, 3.05) is 16.8 Å². The highest BCUT2D eigenvalue weighted by molar-refractivity contribution is 6.28. The number of aromatic nitrogens is 2. The molecule has 24 heavy (non-hydrogen) atoms. The molecule has 0 saturated carbocycles. The maximum atomic E-state index is 13.2. The van der Waals surface area contributed by atoms with Gasteiger partial charge in [-0.05, 0) is 42.1 Å². The summed E-state index contributed by atoms with van der Waals surface area (Å²) >= 11 is 6.05. The molecule has 1 aromatic heterocycles. The van der Waals surface area contributed by atoms with Crippen molar-refractivity contribution in [3.63, 3.8) is 0 Å². The van der Waals surface area contributed by atoms with E-state index < -0.39 is 0 Å². The number of hydrogen-bond donors (Lipinski definition) is 1. The van der Waals surface area contributed by atoms with Crippen molar-refractivity contribution in [2.45, 2.75) is 31.7 Å². The third kappa shape index (κ3) is 2.33. The molecule has 7 heteroatoms. The Morgan fingerprint density at radius 1 is 1.33 bits per heavy atom. The second kappa shape index (κ2) is 5.70. The number of fused-ring (bicyclic) bond motifs is 3. The first-order chi connectivity index (χ1) is 11.6. The van der Waals surface area contributed by atoms with Gasteiger partial charge < -0.3 is 10.2 Å². The maximum Gasteiger partial charge on any atom is 0.247 e. The SMILES string of the molecule is CCc1nc(Cl)nc2c1NC(=O)[C@H]1[C@@H](c3ccc(F)cc3)CCN21. The molecule has 0 aliphatic carbocycles. The van der Waals surface area contributed by atoms with Crippen LogP contribution in [0.4, 0.5) is 15.9 Å². The first-order valence-electron chi connectivity index (χ1n) is 7.98. The number of hydrogen-bond acceptors (Lipinski definition) is 4. The second-order valence-electron chi connectivity index (χ2n) is 6.07. The van der Waals surface area contributed by atoms with Gasteiger partial charge in [-0.3, -0.25) is 4.79 Å². The molecule has 0 unspecified atom stereocenters. The molecular formula is C17H16ClFN4O. The molecule has 4 rings (SSSR count). The van der Waals surface area contributed by atoms with E-state index in [-0.39, 0.29) is 29.0 Å². The third-order valence-electron chi connectivity index (χ3n) is 4.76. The number of carbonyl (C=O) groups excluding carboxylic acids is 1. The summed E-state index contributed by atoms with van der Waals surface area (Å²) in [6, 6.07) is 5.99. The summed E-state index contributed by atoms with van der Waals surface area (Å²) in [6.07, 6.45) is 1.46. The molecule has 1 fully saturated rings. The lowest BCUT2D eigenvalue weighted by atomic mass is 9.90. The number of halogens is 2. The van der Waals surface area contributed by atoms with Crippen molar-refractivity contribution in [2.24, 2.45) is 0 Å². The average Bonchev–Trinajstić information content (AvgIpc) is 3.02. The monoisotopic (exact) mass is 346 g/mol. The summed E-state index contributed by atoms with van der Waals surface area (Å²) in [6.45, 7) is 2.66. The largest absolute Gasteiger partial charge is 0.342 e. The lowest BCUT2D eigenvalue weighted by Crippen LogP contribution is -2.47. The lowest BCUT2D eigenvalue weighted by molar-refractivity contribution is -0.117. The van der Waals surface area contributed by atoms with Crippen LogP contribution in [-0.4, -0.2) is 28.5 Å².